The first-order valence-corrected chi connectivity index (χ1v) is 6.13. The highest BCUT2D eigenvalue weighted by atomic mass is 19.1. The van der Waals surface area contributed by atoms with Gasteiger partial charge in [0.25, 0.3) is 0 Å². The van der Waals surface area contributed by atoms with Crippen LogP contribution in [0.25, 0.3) is 0 Å². The van der Waals surface area contributed by atoms with Crippen molar-refractivity contribution in [1.29, 1.82) is 0 Å². The summed E-state index contributed by atoms with van der Waals surface area (Å²) in [7, 11) is 0. The maximum absolute atomic E-state index is 14.8. The third-order valence-corrected chi connectivity index (χ3v) is 4.24. The number of rotatable bonds is 1. The van der Waals surface area contributed by atoms with E-state index >= 15 is 0 Å². The molecule has 0 aromatic heterocycles. The number of nitrogens with one attached hydrogen (secondary N) is 1. The summed E-state index contributed by atoms with van der Waals surface area (Å²) >= 11 is 0. The summed E-state index contributed by atoms with van der Waals surface area (Å²) in [6.45, 7) is 3.81. The largest absolute Gasteiger partial charge is 0.316 e. The van der Waals surface area contributed by atoms with Gasteiger partial charge in [-0.2, -0.15) is 0 Å². The minimum Gasteiger partial charge on any atom is -0.316 e. The third-order valence-electron chi connectivity index (χ3n) is 4.24. The fourth-order valence-corrected chi connectivity index (χ4v) is 3.20. The minimum atomic E-state index is -0.855. The van der Waals surface area contributed by atoms with Crippen molar-refractivity contribution < 1.29 is 4.39 Å². The van der Waals surface area contributed by atoms with E-state index in [1.165, 1.54) is 19.3 Å². The first-order chi connectivity index (χ1) is 6.73. The predicted octanol–water partition coefficient (Wildman–Crippen LogP) is 2.90. The van der Waals surface area contributed by atoms with E-state index in [4.69, 9.17) is 0 Å². The Bertz CT molecular complexity index is 189. The summed E-state index contributed by atoms with van der Waals surface area (Å²) in [5, 5.41) is 3.29. The lowest BCUT2D eigenvalue weighted by Crippen LogP contribution is -2.51. The fraction of sp³-hybridized carbons (Fsp3) is 1.00. The Morgan fingerprint density at radius 1 is 1.21 bits per heavy atom. The maximum atomic E-state index is 14.8. The van der Waals surface area contributed by atoms with Crippen molar-refractivity contribution in [3.8, 4) is 0 Å². The van der Waals surface area contributed by atoms with Crippen LogP contribution in [0.4, 0.5) is 4.39 Å². The molecule has 2 atom stereocenters. The molecule has 1 saturated heterocycles. The molecule has 82 valence electrons. The van der Waals surface area contributed by atoms with Gasteiger partial charge in [0.2, 0.25) is 0 Å². The molecule has 1 aliphatic heterocycles. The van der Waals surface area contributed by atoms with E-state index < -0.39 is 5.67 Å². The van der Waals surface area contributed by atoms with Gasteiger partial charge < -0.3 is 5.32 Å². The molecule has 1 nitrogen and oxygen atoms in total. The molecular weight excluding hydrogens is 177 g/mol. The van der Waals surface area contributed by atoms with Crippen LogP contribution >= 0.6 is 0 Å². The fourth-order valence-electron chi connectivity index (χ4n) is 3.20. The lowest BCUT2D eigenvalue weighted by Gasteiger charge is -2.43. The van der Waals surface area contributed by atoms with Crippen LogP contribution in [0.1, 0.15) is 45.4 Å². The van der Waals surface area contributed by atoms with Gasteiger partial charge in [-0.05, 0) is 31.7 Å². The number of halogens is 1. The topological polar surface area (TPSA) is 12.0 Å². The Morgan fingerprint density at radius 2 is 1.93 bits per heavy atom. The maximum Gasteiger partial charge on any atom is 0.118 e. The molecule has 2 fully saturated rings. The number of piperidine rings is 1. The minimum absolute atomic E-state index is 0.208. The van der Waals surface area contributed by atoms with Crippen LogP contribution in [0.15, 0.2) is 0 Å². The molecule has 1 saturated carbocycles. The van der Waals surface area contributed by atoms with Gasteiger partial charge in [0.05, 0.1) is 0 Å². The van der Waals surface area contributed by atoms with Gasteiger partial charge in [0.15, 0.2) is 0 Å². The van der Waals surface area contributed by atoms with Gasteiger partial charge in [-0.15, -0.1) is 0 Å². The molecule has 0 aromatic carbocycles. The van der Waals surface area contributed by atoms with Crippen molar-refractivity contribution in [2.24, 2.45) is 11.8 Å². The van der Waals surface area contributed by atoms with E-state index in [9.17, 15) is 4.39 Å². The summed E-state index contributed by atoms with van der Waals surface area (Å²) in [5.74, 6) is 0.563. The van der Waals surface area contributed by atoms with Crippen molar-refractivity contribution in [2.75, 3.05) is 13.1 Å². The Hall–Kier alpha value is -0.110. The van der Waals surface area contributed by atoms with Crippen molar-refractivity contribution in [3.63, 3.8) is 0 Å². The molecule has 1 aliphatic carbocycles. The predicted molar refractivity (Wildman–Crippen MR) is 57.1 cm³/mol. The van der Waals surface area contributed by atoms with Crippen molar-refractivity contribution in [3.05, 3.63) is 0 Å². The van der Waals surface area contributed by atoms with E-state index in [0.717, 1.165) is 32.4 Å². The van der Waals surface area contributed by atoms with Gasteiger partial charge >= 0.3 is 0 Å². The highest BCUT2D eigenvalue weighted by molar-refractivity contribution is 4.96. The smallest absolute Gasteiger partial charge is 0.118 e. The molecule has 2 heteroatoms. The number of alkyl halides is 1. The second-order valence-corrected chi connectivity index (χ2v) is 5.12. The van der Waals surface area contributed by atoms with Crippen LogP contribution in [0.2, 0.25) is 0 Å². The lowest BCUT2D eigenvalue weighted by atomic mass is 9.69. The van der Waals surface area contributed by atoms with E-state index in [1.807, 2.05) is 0 Å². The van der Waals surface area contributed by atoms with Gasteiger partial charge in [-0.25, -0.2) is 4.39 Å². The van der Waals surface area contributed by atoms with E-state index in [1.54, 1.807) is 0 Å². The average Bonchev–Trinajstić information content (AvgIpc) is 2.24. The van der Waals surface area contributed by atoms with Gasteiger partial charge in [-0.3, -0.25) is 0 Å². The zero-order valence-corrected chi connectivity index (χ0v) is 9.19. The van der Waals surface area contributed by atoms with Crippen molar-refractivity contribution in [2.45, 2.75) is 51.1 Å². The quantitative estimate of drug-likeness (QED) is 0.684. The molecule has 0 spiro atoms. The molecule has 2 aliphatic rings. The van der Waals surface area contributed by atoms with Gasteiger partial charge in [-0.1, -0.05) is 26.2 Å². The average molecular weight is 199 g/mol. The van der Waals surface area contributed by atoms with Gasteiger partial charge in [0.1, 0.15) is 5.67 Å². The van der Waals surface area contributed by atoms with Crippen LogP contribution in [0.3, 0.4) is 0 Å². The highest BCUT2D eigenvalue weighted by Gasteiger charge is 2.45. The van der Waals surface area contributed by atoms with Crippen molar-refractivity contribution in [1.82, 2.24) is 5.32 Å². The Morgan fingerprint density at radius 3 is 2.57 bits per heavy atom. The Kier molecular flexibility index (Phi) is 3.10. The first-order valence-electron chi connectivity index (χ1n) is 6.13. The standard InChI is InChI=1S/C12H22FN/c1-10-9-14-8-7-12(10,13)11-5-3-2-4-6-11/h10-11,14H,2-9H2,1H3. The normalized spacial score (nSPS) is 41.1. The number of hydrogen-bond donors (Lipinski definition) is 1. The molecule has 1 heterocycles. The van der Waals surface area contributed by atoms with Crippen LogP contribution in [0.5, 0.6) is 0 Å². The molecule has 0 aromatic rings. The van der Waals surface area contributed by atoms with Crippen LogP contribution in [-0.2, 0) is 0 Å². The van der Waals surface area contributed by atoms with Crippen molar-refractivity contribution >= 4 is 0 Å². The molecule has 2 unspecified atom stereocenters. The van der Waals surface area contributed by atoms with Gasteiger partial charge in [0, 0.05) is 12.5 Å². The van der Waals surface area contributed by atoms with E-state index in [0.29, 0.717) is 5.92 Å². The monoisotopic (exact) mass is 199 g/mol. The summed E-state index contributed by atoms with van der Waals surface area (Å²) in [6.07, 6.45) is 6.80. The molecule has 14 heavy (non-hydrogen) atoms. The Labute approximate surface area is 86.5 Å². The third kappa shape index (κ3) is 1.81. The first kappa shape index (κ1) is 10.4. The summed E-state index contributed by atoms with van der Waals surface area (Å²) < 4.78 is 14.8. The SMILES string of the molecule is CC1CNCCC1(F)C1CCCCC1. The summed E-state index contributed by atoms with van der Waals surface area (Å²) in [6, 6.07) is 0. The van der Waals surface area contributed by atoms with E-state index in [-0.39, 0.29) is 5.92 Å². The lowest BCUT2D eigenvalue weighted by molar-refractivity contribution is -0.0179. The Balaban J connectivity index is 2.03. The second kappa shape index (κ2) is 4.18. The molecule has 0 bridgehead atoms. The van der Waals surface area contributed by atoms with Crippen LogP contribution < -0.4 is 5.32 Å². The van der Waals surface area contributed by atoms with Crippen LogP contribution in [-0.4, -0.2) is 18.8 Å². The molecular formula is C12H22FN. The second-order valence-electron chi connectivity index (χ2n) is 5.12. The van der Waals surface area contributed by atoms with Crippen LogP contribution in [0, 0.1) is 11.8 Å². The van der Waals surface area contributed by atoms with E-state index in [2.05, 4.69) is 12.2 Å². The molecule has 2 rings (SSSR count). The number of hydrogen-bond acceptors (Lipinski definition) is 1. The molecule has 1 N–H and O–H groups in total. The zero-order valence-electron chi connectivity index (χ0n) is 9.19. The highest BCUT2D eigenvalue weighted by Crippen LogP contribution is 2.43. The molecule has 0 amide bonds. The zero-order chi connectivity index (χ0) is 10.0. The summed E-state index contributed by atoms with van der Waals surface area (Å²) in [4.78, 5) is 0. The molecule has 0 radical (unpaired) electrons. The summed E-state index contributed by atoms with van der Waals surface area (Å²) in [5.41, 5.74) is -0.855.